The first-order chi connectivity index (χ1) is 10.2. The van der Waals surface area contributed by atoms with Crippen LogP contribution in [0.15, 0.2) is 6.20 Å². The van der Waals surface area contributed by atoms with Crippen LogP contribution in [0.5, 0.6) is 0 Å². The number of amides is 1. The van der Waals surface area contributed by atoms with Gasteiger partial charge in [-0.05, 0) is 26.3 Å². The normalized spacial score (nSPS) is 30.2. The van der Waals surface area contributed by atoms with Gasteiger partial charge < -0.3 is 9.64 Å². The summed E-state index contributed by atoms with van der Waals surface area (Å²) in [5.41, 5.74) is 1.81. The molecule has 2 aliphatic heterocycles. The molecule has 3 aliphatic rings. The Hall–Kier alpha value is -1.40. The van der Waals surface area contributed by atoms with Crippen LogP contribution in [-0.4, -0.2) is 71.3 Å². The van der Waals surface area contributed by atoms with Gasteiger partial charge in [0, 0.05) is 25.6 Å². The molecule has 0 spiro atoms. The summed E-state index contributed by atoms with van der Waals surface area (Å²) in [6, 6.07) is 0.327. The Bertz CT molecular complexity index is 540. The molecule has 4 rings (SSSR count). The van der Waals surface area contributed by atoms with Gasteiger partial charge in [-0.2, -0.15) is 5.10 Å². The minimum atomic E-state index is 0.128. The molecule has 2 unspecified atom stereocenters. The zero-order valence-electron chi connectivity index (χ0n) is 12.4. The lowest BCUT2D eigenvalue weighted by Gasteiger charge is -2.45. The number of fused-ring (bicyclic) bond motifs is 1. The second kappa shape index (κ2) is 5.10. The predicted octanol–water partition coefficient (Wildman–Crippen LogP) is 0.832. The summed E-state index contributed by atoms with van der Waals surface area (Å²) in [6.45, 7) is 3.29. The van der Waals surface area contributed by atoms with E-state index in [-0.39, 0.29) is 12.0 Å². The van der Waals surface area contributed by atoms with Crippen molar-refractivity contribution >= 4 is 5.91 Å². The summed E-state index contributed by atoms with van der Waals surface area (Å²) in [6.07, 6.45) is 5.24. The van der Waals surface area contributed by atoms with Crippen molar-refractivity contribution in [3.63, 3.8) is 0 Å². The maximum atomic E-state index is 12.8. The van der Waals surface area contributed by atoms with E-state index in [1.165, 1.54) is 12.8 Å². The highest BCUT2D eigenvalue weighted by molar-refractivity contribution is 5.95. The van der Waals surface area contributed by atoms with E-state index in [1.807, 2.05) is 4.90 Å². The molecule has 2 atom stereocenters. The van der Waals surface area contributed by atoms with E-state index in [9.17, 15) is 4.79 Å². The number of hydrogen-bond donors (Lipinski definition) is 1. The van der Waals surface area contributed by atoms with Crippen molar-refractivity contribution in [2.24, 2.45) is 0 Å². The lowest BCUT2D eigenvalue weighted by Crippen LogP contribution is -2.59. The highest BCUT2D eigenvalue weighted by Gasteiger charge is 2.38. The molecule has 3 heterocycles. The molecule has 114 valence electrons. The summed E-state index contributed by atoms with van der Waals surface area (Å²) in [5.74, 6) is 0.646. The Balaban J connectivity index is 1.51. The molecule has 6 nitrogen and oxygen atoms in total. The second-order valence-corrected chi connectivity index (χ2v) is 6.47. The van der Waals surface area contributed by atoms with Crippen molar-refractivity contribution in [1.82, 2.24) is 20.0 Å². The topological polar surface area (TPSA) is 61.5 Å². The van der Waals surface area contributed by atoms with Crippen LogP contribution >= 0.6 is 0 Å². The van der Waals surface area contributed by atoms with Gasteiger partial charge in [-0.15, -0.1) is 0 Å². The first-order valence-electron chi connectivity index (χ1n) is 7.88. The van der Waals surface area contributed by atoms with E-state index < -0.39 is 0 Å². The number of ether oxygens (including phenoxy) is 1. The molecule has 1 aromatic rings. The van der Waals surface area contributed by atoms with Gasteiger partial charge in [-0.25, -0.2) is 0 Å². The summed E-state index contributed by atoms with van der Waals surface area (Å²) in [5, 5.41) is 7.11. The van der Waals surface area contributed by atoms with E-state index in [0.717, 1.165) is 43.9 Å². The number of rotatable bonds is 2. The number of hydrogen-bond acceptors (Lipinski definition) is 4. The number of morpholine rings is 1. The van der Waals surface area contributed by atoms with Crippen LogP contribution < -0.4 is 0 Å². The molecular weight excluding hydrogens is 268 g/mol. The first-order valence-corrected chi connectivity index (χ1v) is 7.88. The second-order valence-electron chi connectivity index (χ2n) is 6.47. The molecule has 6 heteroatoms. The first kappa shape index (κ1) is 13.3. The Labute approximate surface area is 124 Å². The van der Waals surface area contributed by atoms with Gasteiger partial charge in [0.25, 0.3) is 5.91 Å². The molecule has 1 N–H and O–H groups in total. The minimum absolute atomic E-state index is 0.128. The molecule has 0 aromatic carbocycles. The number of likely N-dealkylation sites (N-methyl/N-ethyl adjacent to an activating group) is 1. The standard InChI is InChI=1S/C15H22N4O2/c1-18-6-7-21-13-4-5-19(9-12(13)18)15(20)11-8-16-17-14(11)10-2-3-10/h8,10,12-13H,2-7,9H2,1H3,(H,16,17). The molecule has 0 bridgehead atoms. The number of carbonyl (C=O) groups is 1. The Morgan fingerprint density at radius 1 is 1.38 bits per heavy atom. The van der Waals surface area contributed by atoms with E-state index in [0.29, 0.717) is 12.0 Å². The minimum Gasteiger partial charge on any atom is -0.375 e. The maximum absolute atomic E-state index is 12.8. The fourth-order valence-electron chi connectivity index (χ4n) is 3.55. The van der Waals surface area contributed by atoms with Crippen LogP contribution in [0.2, 0.25) is 0 Å². The van der Waals surface area contributed by atoms with E-state index >= 15 is 0 Å². The maximum Gasteiger partial charge on any atom is 0.257 e. The van der Waals surface area contributed by atoms with Crippen molar-refractivity contribution in [1.29, 1.82) is 0 Å². The van der Waals surface area contributed by atoms with Crippen LogP contribution in [0.4, 0.5) is 0 Å². The predicted molar refractivity (Wildman–Crippen MR) is 77.2 cm³/mol. The molecule has 21 heavy (non-hydrogen) atoms. The third kappa shape index (κ3) is 2.36. The molecule has 1 aromatic heterocycles. The van der Waals surface area contributed by atoms with Crippen molar-refractivity contribution < 1.29 is 9.53 Å². The summed E-state index contributed by atoms with van der Waals surface area (Å²) in [4.78, 5) is 17.1. The number of piperidine rings is 1. The van der Waals surface area contributed by atoms with Gasteiger partial charge in [0.1, 0.15) is 0 Å². The van der Waals surface area contributed by atoms with Crippen LogP contribution in [0.1, 0.15) is 41.2 Å². The Morgan fingerprint density at radius 2 is 2.24 bits per heavy atom. The average molecular weight is 290 g/mol. The Morgan fingerprint density at radius 3 is 3.05 bits per heavy atom. The highest BCUT2D eigenvalue weighted by Crippen LogP contribution is 2.40. The van der Waals surface area contributed by atoms with E-state index in [4.69, 9.17) is 4.74 Å². The van der Waals surface area contributed by atoms with Crippen molar-refractivity contribution in [3.05, 3.63) is 17.5 Å². The molecule has 1 aliphatic carbocycles. The van der Waals surface area contributed by atoms with Gasteiger partial charge >= 0.3 is 0 Å². The van der Waals surface area contributed by atoms with Gasteiger partial charge in [0.2, 0.25) is 0 Å². The third-order valence-electron chi connectivity index (χ3n) is 5.03. The van der Waals surface area contributed by atoms with Crippen molar-refractivity contribution in [2.75, 3.05) is 33.3 Å². The summed E-state index contributed by atoms with van der Waals surface area (Å²) >= 11 is 0. The number of likely N-dealkylation sites (tertiary alicyclic amines) is 1. The number of carbonyl (C=O) groups excluding carboxylic acids is 1. The van der Waals surface area contributed by atoms with Crippen LogP contribution in [-0.2, 0) is 4.74 Å². The Kier molecular flexibility index (Phi) is 3.23. The monoisotopic (exact) mass is 290 g/mol. The van der Waals surface area contributed by atoms with Crippen LogP contribution in [0.3, 0.4) is 0 Å². The average Bonchev–Trinajstić information content (AvgIpc) is 3.24. The highest BCUT2D eigenvalue weighted by atomic mass is 16.5. The van der Waals surface area contributed by atoms with Crippen LogP contribution in [0, 0.1) is 0 Å². The number of aromatic nitrogens is 2. The zero-order valence-corrected chi connectivity index (χ0v) is 12.4. The molecule has 1 saturated carbocycles. The number of nitrogens with one attached hydrogen (secondary N) is 1. The summed E-state index contributed by atoms with van der Waals surface area (Å²) in [7, 11) is 2.13. The third-order valence-corrected chi connectivity index (χ3v) is 5.03. The molecule has 2 saturated heterocycles. The van der Waals surface area contributed by atoms with E-state index in [2.05, 4.69) is 22.1 Å². The number of H-pyrrole nitrogens is 1. The fraction of sp³-hybridized carbons (Fsp3) is 0.733. The molecule has 3 fully saturated rings. The molecule has 0 radical (unpaired) electrons. The molecule has 1 amide bonds. The number of nitrogens with zero attached hydrogens (tertiary/aromatic N) is 3. The SMILES string of the molecule is CN1CCOC2CCN(C(=O)c3cn[nH]c3C3CC3)CC21. The smallest absolute Gasteiger partial charge is 0.257 e. The van der Waals surface area contributed by atoms with Crippen molar-refractivity contribution in [3.8, 4) is 0 Å². The van der Waals surface area contributed by atoms with Crippen LogP contribution in [0.25, 0.3) is 0 Å². The zero-order chi connectivity index (χ0) is 14.4. The molecular formula is C15H22N4O2. The lowest BCUT2D eigenvalue weighted by atomic mass is 9.98. The van der Waals surface area contributed by atoms with Gasteiger partial charge in [-0.1, -0.05) is 0 Å². The largest absolute Gasteiger partial charge is 0.375 e. The number of aromatic amines is 1. The van der Waals surface area contributed by atoms with E-state index in [1.54, 1.807) is 6.20 Å². The summed E-state index contributed by atoms with van der Waals surface area (Å²) < 4.78 is 5.84. The lowest BCUT2D eigenvalue weighted by molar-refractivity contribution is -0.0893. The van der Waals surface area contributed by atoms with Gasteiger partial charge in [0.15, 0.2) is 0 Å². The van der Waals surface area contributed by atoms with Crippen molar-refractivity contribution in [2.45, 2.75) is 37.3 Å². The fourth-order valence-corrected chi connectivity index (χ4v) is 3.55. The van der Waals surface area contributed by atoms with Gasteiger partial charge in [0.05, 0.1) is 36.2 Å². The van der Waals surface area contributed by atoms with Gasteiger partial charge in [-0.3, -0.25) is 14.8 Å². The quantitative estimate of drug-likeness (QED) is 0.876.